The van der Waals surface area contributed by atoms with Gasteiger partial charge in [-0.15, -0.1) is 11.3 Å². The van der Waals surface area contributed by atoms with Gasteiger partial charge in [-0.05, 0) is 26.5 Å². The smallest absolute Gasteiger partial charge is 0.146 e. The summed E-state index contributed by atoms with van der Waals surface area (Å²) in [5, 5.41) is 4.13. The van der Waals surface area contributed by atoms with E-state index < -0.39 is 0 Å². The van der Waals surface area contributed by atoms with Crippen molar-refractivity contribution in [3.8, 4) is 0 Å². The number of nitrogens with zero attached hydrogens (tertiary/aromatic N) is 1. The zero-order valence-electron chi connectivity index (χ0n) is 11.1. The van der Waals surface area contributed by atoms with Crippen molar-refractivity contribution in [3.63, 3.8) is 0 Å². The van der Waals surface area contributed by atoms with Crippen LogP contribution in [0.15, 0.2) is 18.2 Å². The first kappa shape index (κ1) is 14.4. The van der Waals surface area contributed by atoms with Crippen LogP contribution in [0.1, 0.15) is 34.1 Å². The maximum atomic E-state index is 14.1. The van der Waals surface area contributed by atoms with Crippen LogP contribution in [0.3, 0.4) is 0 Å². The van der Waals surface area contributed by atoms with Crippen molar-refractivity contribution in [1.29, 1.82) is 0 Å². The number of aromatic nitrogens is 1. The van der Waals surface area contributed by atoms with Crippen LogP contribution in [-0.4, -0.2) is 12.0 Å². The molecule has 2 nitrogen and oxygen atoms in total. The molecule has 0 amide bonds. The Morgan fingerprint density at radius 1 is 1.47 bits per heavy atom. The number of thiazole rings is 1. The average Bonchev–Trinajstić information content (AvgIpc) is 2.76. The molecule has 0 bridgehead atoms. The van der Waals surface area contributed by atoms with E-state index in [1.807, 2.05) is 6.92 Å². The van der Waals surface area contributed by atoms with E-state index in [0.717, 1.165) is 17.1 Å². The molecule has 0 radical (unpaired) electrons. The van der Waals surface area contributed by atoms with Gasteiger partial charge < -0.3 is 5.32 Å². The van der Waals surface area contributed by atoms with E-state index in [2.05, 4.69) is 17.2 Å². The van der Waals surface area contributed by atoms with Crippen molar-refractivity contribution >= 4 is 22.9 Å². The summed E-state index contributed by atoms with van der Waals surface area (Å²) in [6.45, 7) is 4.11. The SMILES string of the molecule is CCc1nc(C(NC)c2cccc(Cl)c2F)sc1C. The second kappa shape index (κ2) is 5.99. The van der Waals surface area contributed by atoms with Gasteiger partial charge in [0.05, 0.1) is 16.8 Å². The van der Waals surface area contributed by atoms with Gasteiger partial charge in [0.25, 0.3) is 0 Å². The summed E-state index contributed by atoms with van der Waals surface area (Å²) in [7, 11) is 1.80. The van der Waals surface area contributed by atoms with E-state index >= 15 is 0 Å². The molecule has 1 aromatic carbocycles. The molecule has 2 aromatic rings. The van der Waals surface area contributed by atoms with Crippen LogP contribution in [-0.2, 0) is 6.42 Å². The number of hydrogen-bond donors (Lipinski definition) is 1. The fourth-order valence-electron chi connectivity index (χ4n) is 2.06. The van der Waals surface area contributed by atoms with Crippen LogP contribution >= 0.6 is 22.9 Å². The van der Waals surface area contributed by atoms with Crippen LogP contribution < -0.4 is 5.32 Å². The van der Waals surface area contributed by atoms with Gasteiger partial charge in [-0.1, -0.05) is 30.7 Å². The first-order valence-corrected chi connectivity index (χ1v) is 7.35. The van der Waals surface area contributed by atoms with Crippen molar-refractivity contribution in [2.45, 2.75) is 26.3 Å². The fraction of sp³-hybridized carbons (Fsp3) is 0.357. The maximum absolute atomic E-state index is 14.1. The molecular formula is C14H16ClFN2S. The summed E-state index contributed by atoms with van der Waals surface area (Å²) in [6.07, 6.45) is 0.886. The quantitative estimate of drug-likeness (QED) is 0.918. The Morgan fingerprint density at radius 2 is 2.21 bits per heavy atom. The summed E-state index contributed by atoms with van der Waals surface area (Å²) < 4.78 is 14.1. The van der Waals surface area contributed by atoms with E-state index in [0.29, 0.717) is 5.56 Å². The van der Waals surface area contributed by atoms with Crippen LogP contribution in [0.2, 0.25) is 5.02 Å². The van der Waals surface area contributed by atoms with Gasteiger partial charge in [0, 0.05) is 10.4 Å². The molecule has 19 heavy (non-hydrogen) atoms. The molecule has 0 fully saturated rings. The molecule has 1 heterocycles. The standard InChI is InChI=1S/C14H16ClFN2S/c1-4-11-8(2)19-14(18-11)13(17-3)9-6-5-7-10(15)12(9)16/h5-7,13,17H,4H2,1-3H3. The number of aryl methyl sites for hydroxylation is 2. The van der Waals surface area contributed by atoms with Crippen LogP contribution in [0.4, 0.5) is 4.39 Å². The molecule has 2 rings (SSSR count). The largest absolute Gasteiger partial charge is 0.307 e. The monoisotopic (exact) mass is 298 g/mol. The van der Waals surface area contributed by atoms with Crippen molar-refractivity contribution in [1.82, 2.24) is 10.3 Å². The maximum Gasteiger partial charge on any atom is 0.146 e. The predicted molar refractivity (Wildman–Crippen MR) is 78.5 cm³/mol. The van der Waals surface area contributed by atoms with Gasteiger partial charge >= 0.3 is 0 Å². The zero-order valence-corrected chi connectivity index (χ0v) is 12.7. The first-order chi connectivity index (χ1) is 9.08. The molecule has 0 aliphatic heterocycles. The summed E-state index contributed by atoms with van der Waals surface area (Å²) in [6, 6.07) is 4.79. The minimum atomic E-state index is -0.380. The lowest BCUT2D eigenvalue weighted by Gasteiger charge is -2.15. The number of hydrogen-bond acceptors (Lipinski definition) is 3. The zero-order chi connectivity index (χ0) is 14.0. The van der Waals surface area contributed by atoms with Gasteiger partial charge in [-0.3, -0.25) is 0 Å². The third kappa shape index (κ3) is 2.81. The highest BCUT2D eigenvalue weighted by Crippen LogP contribution is 2.31. The number of benzene rings is 1. The lowest BCUT2D eigenvalue weighted by molar-refractivity contribution is 0.575. The van der Waals surface area contributed by atoms with E-state index in [4.69, 9.17) is 11.6 Å². The molecule has 0 aliphatic carbocycles. The molecule has 1 unspecified atom stereocenters. The Labute approximate surface area is 121 Å². The van der Waals surface area contributed by atoms with Crippen molar-refractivity contribution < 1.29 is 4.39 Å². The molecule has 0 saturated heterocycles. The Kier molecular flexibility index (Phi) is 4.55. The predicted octanol–water partition coefficient (Wildman–Crippen LogP) is 4.12. The minimum Gasteiger partial charge on any atom is -0.307 e. The van der Waals surface area contributed by atoms with Gasteiger partial charge in [-0.2, -0.15) is 0 Å². The Hall–Kier alpha value is -0.970. The molecular weight excluding hydrogens is 283 g/mol. The van der Waals surface area contributed by atoms with E-state index in [1.54, 1.807) is 36.6 Å². The molecule has 1 aromatic heterocycles. The fourth-order valence-corrected chi connectivity index (χ4v) is 3.38. The second-order valence-electron chi connectivity index (χ2n) is 4.27. The third-order valence-corrected chi connectivity index (χ3v) is 4.44. The molecule has 5 heteroatoms. The lowest BCUT2D eigenvalue weighted by atomic mass is 10.1. The van der Waals surface area contributed by atoms with E-state index in [1.165, 1.54) is 4.88 Å². The van der Waals surface area contributed by atoms with E-state index in [9.17, 15) is 4.39 Å². The topological polar surface area (TPSA) is 24.9 Å². The van der Waals surface area contributed by atoms with Crippen molar-refractivity contribution in [2.24, 2.45) is 0 Å². The highest BCUT2D eigenvalue weighted by molar-refractivity contribution is 7.11. The molecule has 1 N–H and O–H groups in total. The molecule has 0 saturated carbocycles. The Bertz CT molecular complexity index is 583. The third-order valence-electron chi connectivity index (χ3n) is 3.07. The summed E-state index contributed by atoms with van der Waals surface area (Å²) in [5.74, 6) is -0.380. The first-order valence-electron chi connectivity index (χ1n) is 6.15. The van der Waals surface area contributed by atoms with Crippen LogP contribution in [0, 0.1) is 12.7 Å². The van der Waals surface area contributed by atoms with Gasteiger partial charge in [-0.25, -0.2) is 9.37 Å². The highest BCUT2D eigenvalue weighted by Gasteiger charge is 2.21. The number of nitrogens with one attached hydrogen (secondary N) is 1. The Morgan fingerprint density at radius 3 is 2.79 bits per heavy atom. The summed E-state index contributed by atoms with van der Waals surface area (Å²) >= 11 is 7.44. The van der Waals surface area contributed by atoms with Crippen molar-refractivity contribution in [3.05, 3.63) is 50.2 Å². The number of halogens is 2. The van der Waals surface area contributed by atoms with E-state index in [-0.39, 0.29) is 16.9 Å². The highest BCUT2D eigenvalue weighted by atomic mass is 35.5. The normalized spacial score (nSPS) is 12.7. The number of rotatable bonds is 4. The van der Waals surface area contributed by atoms with Crippen LogP contribution in [0.25, 0.3) is 0 Å². The lowest BCUT2D eigenvalue weighted by Crippen LogP contribution is -2.19. The minimum absolute atomic E-state index is 0.141. The van der Waals surface area contributed by atoms with Gasteiger partial charge in [0.1, 0.15) is 10.8 Å². The summed E-state index contributed by atoms with van der Waals surface area (Å²) in [4.78, 5) is 5.77. The molecule has 1 atom stereocenters. The molecule has 102 valence electrons. The van der Waals surface area contributed by atoms with Crippen molar-refractivity contribution in [2.75, 3.05) is 7.05 Å². The molecule has 0 aliphatic rings. The summed E-state index contributed by atoms with van der Waals surface area (Å²) in [5.41, 5.74) is 1.61. The van der Waals surface area contributed by atoms with Crippen LogP contribution in [0.5, 0.6) is 0 Å². The van der Waals surface area contributed by atoms with Gasteiger partial charge in [0.2, 0.25) is 0 Å². The Balaban J connectivity index is 2.46. The molecule has 0 spiro atoms. The van der Waals surface area contributed by atoms with Gasteiger partial charge in [0.15, 0.2) is 0 Å². The second-order valence-corrected chi connectivity index (χ2v) is 5.92. The average molecular weight is 299 g/mol.